The first kappa shape index (κ1) is 33.3. The maximum absolute atomic E-state index is 10.8. The van der Waals surface area contributed by atoms with Crippen molar-refractivity contribution in [1.82, 2.24) is 0 Å². The summed E-state index contributed by atoms with van der Waals surface area (Å²) in [6, 6.07) is 0. The smallest absolute Gasteiger partial charge is 0.303 e. The van der Waals surface area contributed by atoms with Crippen LogP contribution in [0.25, 0.3) is 0 Å². The van der Waals surface area contributed by atoms with Crippen LogP contribution in [0.1, 0.15) is 105 Å². The summed E-state index contributed by atoms with van der Waals surface area (Å²) in [6.45, 7) is 10.3. The molecule has 2 saturated heterocycles. The van der Waals surface area contributed by atoms with E-state index in [9.17, 15) is 4.79 Å². The number of hydrogen-bond donors (Lipinski definition) is 1. The van der Waals surface area contributed by atoms with Gasteiger partial charge in [0.05, 0.1) is 12.2 Å². The summed E-state index contributed by atoms with van der Waals surface area (Å²) < 4.78 is 25.1. The molecule has 7 heteroatoms. The molecule has 228 valence electrons. The third-order valence-corrected chi connectivity index (χ3v) is 8.90. The SMILES string of the molecule is CC(C)=CCC(C)(C)[C@@H](C=C[C@@H]1[C@@H](CC=CCCCC(=O)O)[C@H](Cl)C[C@H]1OC1CCCCO1)OC1CCCCO1. The van der Waals surface area contributed by atoms with E-state index in [-0.39, 0.29) is 53.8 Å². The lowest BCUT2D eigenvalue weighted by atomic mass is 9.81. The van der Waals surface area contributed by atoms with Gasteiger partial charge in [-0.3, -0.25) is 4.79 Å². The Kier molecular flexibility index (Phi) is 14.2. The zero-order valence-electron chi connectivity index (χ0n) is 25.2. The van der Waals surface area contributed by atoms with Crippen molar-refractivity contribution in [3.05, 3.63) is 36.0 Å². The molecule has 3 rings (SSSR count). The third-order valence-electron chi connectivity index (χ3n) is 8.40. The molecule has 7 atom stereocenters. The van der Waals surface area contributed by atoms with E-state index in [2.05, 4.69) is 58.1 Å². The molecule has 2 aliphatic heterocycles. The molecule has 1 N–H and O–H groups in total. The van der Waals surface area contributed by atoms with Gasteiger partial charge in [-0.1, -0.05) is 49.8 Å². The number of ether oxygens (including phenoxy) is 4. The number of alkyl halides is 1. The highest BCUT2D eigenvalue weighted by molar-refractivity contribution is 6.21. The molecule has 0 amide bonds. The van der Waals surface area contributed by atoms with Gasteiger partial charge in [-0.25, -0.2) is 0 Å². The van der Waals surface area contributed by atoms with Crippen molar-refractivity contribution in [2.24, 2.45) is 17.3 Å². The van der Waals surface area contributed by atoms with Crippen molar-refractivity contribution in [3.8, 4) is 0 Å². The fraction of sp³-hybridized carbons (Fsp3) is 0.788. The lowest BCUT2D eigenvalue weighted by Crippen LogP contribution is -2.36. The second kappa shape index (κ2) is 17.1. The van der Waals surface area contributed by atoms with Crippen molar-refractivity contribution in [2.75, 3.05) is 13.2 Å². The highest BCUT2D eigenvalue weighted by Crippen LogP contribution is 2.43. The van der Waals surface area contributed by atoms with E-state index in [0.717, 1.165) is 77.4 Å². The van der Waals surface area contributed by atoms with Gasteiger partial charge in [0, 0.05) is 30.9 Å². The predicted octanol–water partition coefficient (Wildman–Crippen LogP) is 8.19. The molecule has 0 aromatic carbocycles. The predicted molar refractivity (Wildman–Crippen MR) is 160 cm³/mol. The van der Waals surface area contributed by atoms with E-state index < -0.39 is 5.97 Å². The topological polar surface area (TPSA) is 74.2 Å². The normalized spacial score (nSPS) is 30.6. The summed E-state index contributed by atoms with van der Waals surface area (Å²) in [4.78, 5) is 10.8. The van der Waals surface area contributed by atoms with E-state index in [4.69, 9.17) is 35.7 Å². The average molecular weight is 581 g/mol. The van der Waals surface area contributed by atoms with E-state index in [1.165, 1.54) is 5.57 Å². The molecule has 0 spiro atoms. The molecule has 40 heavy (non-hydrogen) atoms. The number of carbonyl (C=O) groups is 1. The molecule has 1 aliphatic carbocycles. The number of allylic oxidation sites excluding steroid dienone is 4. The fourth-order valence-corrected chi connectivity index (χ4v) is 6.28. The number of carboxylic acid groups (broad SMARTS) is 1. The van der Waals surface area contributed by atoms with Crippen LogP contribution in [0.2, 0.25) is 0 Å². The van der Waals surface area contributed by atoms with Crippen molar-refractivity contribution < 1.29 is 28.8 Å². The maximum Gasteiger partial charge on any atom is 0.303 e. The zero-order valence-corrected chi connectivity index (χ0v) is 26.0. The highest BCUT2D eigenvalue weighted by atomic mass is 35.5. The monoisotopic (exact) mass is 580 g/mol. The second-order valence-corrected chi connectivity index (χ2v) is 13.2. The lowest BCUT2D eigenvalue weighted by molar-refractivity contribution is -0.197. The minimum absolute atomic E-state index is 0.00774. The summed E-state index contributed by atoms with van der Waals surface area (Å²) in [5.74, 6) is -0.396. The Balaban J connectivity index is 1.78. The Hall–Kier alpha value is -1.18. The van der Waals surface area contributed by atoms with Gasteiger partial charge in [0.2, 0.25) is 0 Å². The Labute approximate surface area is 247 Å². The molecule has 2 unspecified atom stereocenters. The second-order valence-electron chi connectivity index (χ2n) is 12.7. The van der Waals surface area contributed by atoms with E-state index >= 15 is 0 Å². The van der Waals surface area contributed by atoms with Crippen molar-refractivity contribution in [1.29, 1.82) is 0 Å². The molecule has 3 fully saturated rings. The average Bonchev–Trinajstić information content (AvgIpc) is 3.21. The zero-order chi connectivity index (χ0) is 29.0. The summed E-state index contributed by atoms with van der Waals surface area (Å²) in [5.41, 5.74) is 1.19. The quantitative estimate of drug-likeness (QED) is 0.119. The van der Waals surface area contributed by atoms with Gasteiger partial charge >= 0.3 is 5.97 Å². The van der Waals surface area contributed by atoms with Gasteiger partial charge in [-0.2, -0.15) is 0 Å². The molecule has 0 radical (unpaired) electrons. The number of aliphatic carboxylic acids is 1. The minimum atomic E-state index is -0.747. The lowest BCUT2D eigenvalue weighted by Gasteiger charge is -2.36. The Morgan fingerprint density at radius 3 is 2.40 bits per heavy atom. The van der Waals surface area contributed by atoms with Gasteiger partial charge < -0.3 is 24.1 Å². The minimum Gasteiger partial charge on any atom is -0.481 e. The van der Waals surface area contributed by atoms with E-state index in [1.807, 2.05) is 0 Å². The Morgan fingerprint density at radius 2 is 1.77 bits per heavy atom. The molecule has 6 nitrogen and oxygen atoms in total. The molecular weight excluding hydrogens is 528 g/mol. The summed E-state index contributed by atoms with van der Waals surface area (Å²) in [6.07, 6.45) is 21.1. The molecular formula is C33H53ClO6. The van der Waals surface area contributed by atoms with Crippen LogP contribution >= 0.6 is 11.6 Å². The Bertz CT molecular complexity index is 836. The van der Waals surface area contributed by atoms with Crippen LogP contribution in [0.5, 0.6) is 0 Å². The maximum atomic E-state index is 10.8. The first-order valence-electron chi connectivity index (χ1n) is 15.5. The molecule has 2 heterocycles. The largest absolute Gasteiger partial charge is 0.481 e. The number of rotatable bonds is 15. The first-order chi connectivity index (χ1) is 19.2. The molecule has 0 aromatic rings. The number of unbranched alkanes of at least 4 members (excludes halogenated alkanes) is 1. The molecule has 1 saturated carbocycles. The fourth-order valence-electron chi connectivity index (χ4n) is 5.83. The summed E-state index contributed by atoms with van der Waals surface area (Å²) >= 11 is 6.99. The standard InChI is InChI=1S/C33H53ClO6/c1-24(2)19-20-33(3,4)29(40-32-16-10-12-22-38-32)18-17-26-25(13-7-5-6-8-14-30(35)36)27(34)23-28(26)39-31-15-9-11-21-37-31/h5,7,17-19,25-29,31-32H,6,8-16,20-23H2,1-4H3,(H,35,36)/t25-,26-,27-,28-,29-,31?,32?/m1/s1. The van der Waals surface area contributed by atoms with Crippen LogP contribution in [0.3, 0.4) is 0 Å². The number of halogens is 1. The van der Waals surface area contributed by atoms with Gasteiger partial charge in [0.15, 0.2) is 12.6 Å². The molecule has 3 aliphatic rings. The van der Waals surface area contributed by atoms with Crippen LogP contribution in [0.15, 0.2) is 36.0 Å². The van der Waals surface area contributed by atoms with E-state index in [0.29, 0.717) is 6.42 Å². The van der Waals surface area contributed by atoms with Crippen LogP contribution in [0.4, 0.5) is 0 Å². The summed E-state index contributed by atoms with van der Waals surface area (Å²) in [5, 5.41) is 8.90. The Morgan fingerprint density at radius 1 is 1.07 bits per heavy atom. The summed E-state index contributed by atoms with van der Waals surface area (Å²) in [7, 11) is 0. The molecule has 0 bridgehead atoms. The number of hydrogen-bond acceptors (Lipinski definition) is 5. The van der Waals surface area contributed by atoms with E-state index in [1.54, 1.807) is 0 Å². The van der Waals surface area contributed by atoms with Crippen molar-refractivity contribution >= 4 is 17.6 Å². The van der Waals surface area contributed by atoms with Crippen LogP contribution in [0, 0.1) is 17.3 Å². The third kappa shape index (κ3) is 11.2. The first-order valence-corrected chi connectivity index (χ1v) is 16.0. The van der Waals surface area contributed by atoms with Crippen LogP contribution < -0.4 is 0 Å². The van der Waals surface area contributed by atoms with Gasteiger partial charge in [0.1, 0.15) is 0 Å². The van der Waals surface area contributed by atoms with Crippen molar-refractivity contribution in [3.63, 3.8) is 0 Å². The number of carboxylic acids is 1. The van der Waals surface area contributed by atoms with Gasteiger partial charge in [0.25, 0.3) is 0 Å². The molecule has 0 aromatic heterocycles. The van der Waals surface area contributed by atoms with Gasteiger partial charge in [-0.05, 0) is 95.8 Å². The van der Waals surface area contributed by atoms with Crippen LogP contribution in [-0.2, 0) is 23.7 Å². The van der Waals surface area contributed by atoms with Crippen molar-refractivity contribution in [2.45, 2.75) is 135 Å². The highest BCUT2D eigenvalue weighted by Gasteiger charge is 2.43. The van der Waals surface area contributed by atoms with Gasteiger partial charge in [-0.15, -0.1) is 11.6 Å². The van der Waals surface area contributed by atoms with Crippen LogP contribution in [-0.4, -0.2) is 54.5 Å².